The zero-order valence-corrected chi connectivity index (χ0v) is 84.9. The SMILES string of the molecule is Cc1[nH]cnc1CN1CCN(c2cnn(-c3ccccc3)c(=O)c2OCCC2CCCCC2)CC1.Cc1cccc(CN2CCN(c3cnn(-c4ccccc4)c(=O)c3OC3CCN(Cc4ccccc4)CC3)CC2)c1.Cc1cccc(CN2CCN(c3cnn(-c4ccccc4)c(=O)c3SC(C)C)CC2)c1.O=c1c(OC2Cc3ccccc3C2)c(N2CCN(Cc3cc(O)cc(O)c3)CC2)cnn1-c1ccccc1. The number of likely N-dealkylation sites (tertiary alicyclic amines) is 1. The first-order chi connectivity index (χ1) is 70.8. The van der Waals surface area contributed by atoms with Gasteiger partial charge in [0, 0.05) is 180 Å². The molecule has 754 valence electrons. The highest BCUT2D eigenvalue weighted by atomic mass is 32.2. The third-order valence-electron chi connectivity index (χ3n) is 28.4. The molecule has 21 rings (SSSR count). The van der Waals surface area contributed by atoms with Crippen molar-refractivity contribution in [1.82, 2.24) is 73.6 Å². The number of nitrogens with zero attached hydrogens (tertiary/aromatic N) is 18. The van der Waals surface area contributed by atoms with Crippen molar-refractivity contribution in [3.63, 3.8) is 0 Å². The Bertz CT molecular complexity index is 6760. The molecular formula is C116H135N19O9S. The molecule has 5 saturated heterocycles. The molecule has 29 heteroatoms. The van der Waals surface area contributed by atoms with E-state index in [0.717, 1.165) is 219 Å². The van der Waals surface area contributed by atoms with Gasteiger partial charge in [0.15, 0.2) is 0 Å². The van der Waals surface area contributed by atoms with Crippen molar-refractivity contribution in [2.75, 3.05) is 144 Å². The first-order valence-corrected chi connectivity index (χ1v) is 52.4. The van der Waals surface area contributed by atoms with E-state index >= 15 is 0 Å². The molecule has 10 heterocycles. The molecule has 0 spiro atoms. The smallest absolute Gasteiger partial charge is 0.316 e. The van der Waals surface area contributed by atoms with Gasteiger partial charge in [-0.2, -0.15) is 39.1 Å². The van der Waals surface area contributed by atoms with Crippen LogP contribution in [0.15, 0.2) is 298 Å². The molecular weight excluding hydrogens is 1840 g/mol. The predicted molar refractivity (Wildman–Crippen MR) is 576 cm³/mol. The van der Waals surface area contributed by atoms with Gasteiger partial charge in [0.2, 0.25) is 17.2 Å². The van der Waals surface area contributed by atoms with Crippen molar-refractivity contribution in [3.8, 4) is 51.5 Å². The lowest BCUT2D eigenvalue weighted by Crippen LogP contribution is -2.47. The summed E-state index contributed by atoms with van der Waals surface area (Å²) in [4.78, 5) is 84.0. The molecule has 3 N–H and O–H groups in total. The van der Waals surface area contributed by atoms with Crippen molar-refractivity contribution in [3.05, 3.63) is 371 Å². The molecule has 0 unspecified atom stereocenters. The second-order valence-corrected chi connectivity index (χ2v) is 40.9. The van der Waals surface area contributed by atoms with Crippen molar-refractivity contribution in [2.24, 2.45) is 5.92 Å². The minimum Gasteiger partial charge on any atom is -0.508 e. The number of para-hydroxylation sites is 4. The number of aryl methyl sites for hydroxylation is 3. The Morgan fingerprint density at radius 2 is 0.731 bits per heavy atom. The zero-order chi connectivity index (χ0) is 99.9. The van der Waals surface area contributed by atoms with E-state index in [0.29, 0.717) is 66.0 Å². The maximum atomic E-state index is 13.9. The van der Waals surface area contributed by atoms with Crippen molar-refractivity contribution in [1.29, 1.82) is 0 Å². The van der Waals surface area contributed by atoms with Crippen LogP contribution >= 0.6 is 11.8 Å². The number of fused-ring (bicyclic) bond motifs is 1. The molecule has 0 amide bonds. The van der Waals surface area contributed by atoms with Crippen LogP contribution in [0.1, 0.15) is 121 Å². The molecule has 1 saturated carbocycles. The summed E-state index contributed by atoms with van der Waals surface area (Å²) in [5.41, 5.74) is 17.8. The molecule has 5 aromatic heterocycles. The Morgan fingerprint density at radius 3 is 1.16 bits per heavy atom. The number of aromatic amines is 1. The van der Waals surface area contributed by atoms with Crippen LogP contribution in [-0.4, -0.2) is 226 Å². The zero-order valence-electron chi connectivity index (χ0n) is 84.0. The summed E-state index contributed by atoms with van der Waals surface area (Å²) >= 11 is 1.63. The lowest BCUT2D eigenvalue weighted by atomic mass is 9.87. The number of piperazine rings is 4. The van der Waals surface area contributed by atoms with Gasteiger partial charge in [0.25, 0.3) is 5.56 Å². The van der Waals surface area contributed by atoms with Gasteiger partial charge in [0.1, 0.15) is 40.8 Å². The summed E-state index contributed by atoms with van der Waals surface area (Å²) in [6, 6.07) is 79.3. The van der Waals surface area contributed by atoms with E-state index in [9.17, 15) is 29.4 Å². The first kappa shape index (κ1) is 101. The van der Waals surface area contributed by atoms with E-state index in [-0.39, 0.29) is 45.9 Å². The summed E-state index contributed by atoms with van der Waals surface area (Å²) in [6.07, 6.45) is 19.8. The second-order valence-electron chi connectivity index (χ2n) is 39.3. The molecule has 7 aliphatic rings. The van der Waals surface area contributed by atoms with Crippen LogP contribution in [0.2, 0.25) is 0 Å². The third-order valence-corrected chi connectivity index (χ3v) is 29.5. The topological polar surface area (TPSA) is 266 Å². The van der Waals surface area contributed by atoms with E-state index in [4.69, 9.17) is 14.2 Å². The van der Waals surface area contributed by atoms with Crippen molar-refractivity contribution < 1.29 is 24.4 Å². The Kier molecular flexibility index (Phi) is 34.2. The average molecular weight is 1970 g/mol. The monoisotopic (exact) mass is 1970 g/mol. The molecule has 0 atom stereocenters. The van der Waals surface area contributed by atoms with Crippen LogP contribution in [0.5, 0.6) is 28.7 Å². The van der Waals surface area contributed by atoms with Crippen LogP contribution in [0.4, 0.5) is 22.7 Å². The molecule has 14 aromatic rings. The van der Waals surface area contributed by atoms with Crippen molar-refractivity contribution >= 4 is 34.5 Å². The number of aromatic nitrogens is 10. The van der Waals surface area contributed by atoms with Crippen molar-refractivity contribution in [2.45, 2.75) is 154 Å². The molecule has 5 aliphatic heterocycles. The highest BCUT2D eigenvalue weighted by molar-refractivity contribution is 8.00. The summed E-state index contributed by atoms with van der Waals surface area (Å²) in [6.45, 7) is 31.0. The molecule has 145 heavy (non-hydrogen) atoms. The van der Waals surface area contributed by atoms with Crippen LogP contribution in [0.25, 0.3) is 22.7 Å². The van der Waals surface area contributed by atoms with Gasteiger partial charge in [-0.25, -0.2) is 4.98 Å². The summed E-state index contributed by atoms with van der Waals surface area (Å²) in [5, 5.41) is 38.1. The molecule has 9 aromatic carbocycles. The van der Waals surface area contributed by atoms with Gasteiger partial charge in [-0.15, -0.1) is 11.8 Å². The quantitative estimate of drug-likeness (QED) is 0.0385. The van der Waals surface area contributed by atoms with Gasteiger partial charge < -0.3 is 49.0 Å². The number of benzene rings is 9. The number of rotatable bonds is 28. The minimum atomic E-state index is -0.262. The Hall–Kier alpha value is -13.9. The number of hydrogen-bond donors (Lipinski definition) is 3. The van der Waals surface area contributed by atoms with E-state index in [1.807, 2.05) is 146 Å². The van der Waals surface area contributed by atoms with Crippen LogP contribution in [-0.2, 0) is 45.6 Å². The van der Waals surface area contributed by atoms with Crippen LogP contribution in [0.3, 0.4) is 0 Å². The summed E-state index contributed by atoms with van der Waals surface area (Å²) < 4.78 is 25.2. The highest BCUT2D eigenvalue weighted by Crippen LogP contribution is 2.37. The third kappa shape index (κ3) is 26.6. The molecule has 0 bridgehead atoms. The normalized spacial score (nSPS) is 16.4. The average Bonchev–Trinajstić information content (AvgIpc) is 1.76. The fourth-order valence-electron chi connectivity index (χ4n) is 20.6. The number of thioether (sulfide) groups is 1. The number of nitrogens with one attached hydrogen (secondary N) is 1. The molecule has 0 radical (unpaired) electrons. The van der Waals surface area contributed by atoms with Gasteiger partial charge in [-0.1, -0.05) is 233 Å². The fraction of sp³-hybridized carbons (Fsp3) is 0.371. The second kappa shape index (κ2) is 49.1. The number of phenolic OH excluding ortho intramolecular Hbond substituents is 2. The number of H-pyrrole nitrogens is 1. The number of hydrogen-bond acceptors (Lipinski definition) is 24. The van der Waals surface area contributed by atoms with Crippen LogP contribution in [0, 0.1) is 26.7 Å². The van der Waals surface area contributed by atoms with E-state index < -0.39 is 0 Å². The predicted octanol–water partition coefficient (Wildman–Crippen LogP) is 16.7. The maximum Gasteiger partial charge on any atom is 0.316 e. The number of anilines is 4. The van der Waals surface area contributed by atoms with E-state index in [1.165, 1.54) is 95.8 Å². The first-order valence-electron chi connectivity index (χ1n) is 51.5. The number of ether oxygens (including phenoxy) is 3. The number of phenols is 2. The van der Waals surface area contributed by atoms with Gasteiger partial charge in [-0.05, 0) is 140 Å². The minimum absolute atomic E-state index is 0.00251. The number of piperidine rings is 1. The highest BCUT2D eigenvalue weighted by Gasteiger charge is 2.34. The standard InChI is InChI=1S/C34H39N5O2.C30H30N4O4.C27H36N6O2.C25H30N4OS/c1-27-9-8-12-29(23-27)26-37-19-21-38(22-20-37)32-24-35-39(30-13-6-3-7-14-30)34(40)33(32)41-31-15-17-36(18-16-31)25-28-10-4-2-5-11-28;35-25-14-21(15-26(36)18-25)20-32-10-12-33(13-11-32)28-19-31-34(24-8-2-1-3-9-24)30(37)29(28)38-27-16-22-6-4-5-7-23(22)17-27;1-21-24(29-20-28-21)19-31-13-15-32(16-14-31)25-18-30-33(23-10-6-3-7-11-23)27(34)26(25)35-17-12-22-8-4-2-5-9-22;1-19(2)31-24-23(17-26-29(25(24)30)22-10-5-4-6-11-22)28-14-12-27(13-15-28)18-21-9-7-8-20(3)16-21/h2-14,23-24,31H,15-22,25-26H2,1H3;1-9,14-15,18-19,27,35-36H,10-13,16-17,20H2;3,6-7,10-11,18,20,22H,2,4-5,8-9,12-17,19H2,1H3,(H,28,29);4-11,16-17,19H,12-15,18H2,1-3H3. The molecule has 28 nitrogen and oxygen atoms in total. The van der Waals surface area contributed by atoms with E-state index in [2.05, 4.69) is 200 Å². The Labute approximate surface area is 853 Å². The van der Waals surface area contributed by atoms with Crippen LogP contribution < -0.4 is 56.0 Å². The van der Waals surface area contributed by atoms with E-state index in [1.54, 1.807) is 42.6 Å². The Balaban J connectivity index is 0.000000128. The van der Waals surface area contributed by atoms with Gasteiger partial charge >= 0.3 is 16.7 Å². The number of imidazole rings is 1. The fourth-order valence-corrected chi connectivity index (χ4v) is 21.6. The number of aromatic hydroxyl groups is 2. The largest absolute Gasteiger partial charge is 0.508 e. The lowest BCUT2D eigenvalue weighted by molar-refractivity contribution is 0.0953. The molecule has 6 fully saturated rings. The maximum absolute atomic E-state index is 13.9. The Morgan fingerprint density at radius 1 is 0.366 bits per heavy atom. The summed E-state index contributed by atoms with van der Waals surface area (Å²) in [5.74, 6) is 2.01. The van der Waals surface area contributed by atoms with Gasteiger partial charge in [0.05, 0.1) is 76.7 Å². The summed E-state index contributed by atoms with van der Waals surface area (Å²) in [7, 11) is 0. The van der Waals surface area contributed by atoms with Gasteiger partial charge in [-0.3, -0.25) is 43.7 Å². The molecule has 2 aliphatic carbocycles. The lowest BCUT2D eigenvalue weighted by Gasteiger charge is -2.37.